The van der Waals surface area contributed by atoms with Crippen LogP contribution in [0.25, 0.3) is 16.9 Å². The first-order valence-electron chi connectivity index (χ1n) is 9.80. The van der Waals surface area contributed by atoms with E-state index in [0.717, 1.165) is 11.1 Å². The van der Waals surface area contributed by atoms with Crippen molar-refractivity contribution in [3.8, 4) is 16.9 Å². The number of nitrogens with zero attached hydrogens (tertiary/aromatic N) is 5. The summed E-state index contributed by atoms with van der Waals surface area (Å²) in [7, 11) is 0. The van der Waals surface area contributed by atoms with Gasteiger partial charge >= 0.3 is 0 Å². The number of amides is 3. The van der Waals surface area contributed by atoms with Gasteiger partial charge in [-0.1, -0.05) is 11.3 Å². The van der Waals surface area contributed by atoms with E-state index in [4.69, 9.17) is 0 Å². The highest BCUT2D eigenvalue weighted by molar-refractivity contribution is 6.05. The summed E-state index contributed by atoms with van der Waals surface area (Å²) >= 11 is 0. The van der Waals surface area contributed by atoms with Gasteiger partial charge in [0.1, 0.15) is 11.7 Å². The molecule has 1 fully saturated rings. The predicted molar refractivity (Wildman–Crippen MR) is 107 cm³/mol. The van der Waals surface area contributed by atoms with E-state index in [-0.39, 0.29) is 24.8 Å². The van der Waals surface area contributed by atoms with Gasteiger partial charge in [0.15, 0.2) is 0 Å². The third-order valence-corrected chi connectivity index (χ3v) is 5.54. The van der Waals surface area contributed by atoms with Gasteiger partial charge < -0.3 is 10.0 Å². The van der Waals surface area contributed by atoms with E-state index in [1.807, 2.05) is 12.1 Å². The Kier molecular flexibility index (Phi) is 4.55. The zero-order chi connectivity index (χ0) is 21.5. The number of carbonyl (C=O) groups is 3. The number of rotatable bonds is 4. The molecule has 31 heavy (non-hydrogen) atoms. The number of pyridine rings is 1. The molecule has 2 N–H and O–H groups in total. The van der Waals surface area contributed by atoms with Gasteiger partial charge in [-0.05, 0) is 36.2 Å². The molecule has 2 aromatic heterocycles. The molecule has 0 saturated carbocycles. The second-order valence-corrected chi connectivity index (χ2v) is 7.48. The van der Waals surface area contributed by atoms with Crippen LogP contribution in [0.3, 0.4) is 0 Å². The van der Waals surface area contributed by atoms with Crippen molar-refractivity contribution >= 4 is 17.7 Å². The number of aromatic nitrogens is 4. The molecule has 1 aromatic carbocycles. The molecule has 0 radical (unpaired) electrons. The Labute approximate surface area is 176 Å². The number of carbonyl (C=O) groups excluding carboxylic acids is 3. The van der Waals surface area contributed by atoms with Gasteiger partial charge in [-0.2, -0.15) is 0 Å². The van der Waals surface area contributed by atoms with Crippen molar-refractivity contribution in [2.45, 2.75) is 32.0 Å². The molecule has 5 rings (SSSR count). The number of imide groups is 1. The molecular weight excluding hydrogens is 400 g/mol. The minimum Gasteiger partial charge on any atom is -0.390 e. The number of piperidine rings is 1. The second kappa shape index (κ2) is 7.40. The summed E-state index contributed by atoms with van der Waals surface area (Å²) in [6, 6.07) is 8.27. The molecule has 0 aliphatic carbocycles. The zero-order valence-corrected chi connectivity index (χ0v) is 16.4. The Hall–Kier alpha value is -3.92. The lowest BCUT2D eigenvalue weighted by Gasteiger charge is -2.29. The van der Waals surface area contributed by atoms with Gasteiger partial charge in [0.25, 0.3) is 5.91 Å². The molecule has 3 aromatic rings. The molecular formula is C21H18N6O4. The van der Waals surface area contributed by atoms with Crippen LogP contribution in [0.4, 0.5) is 0 Å². The number of aliphatic hydroxyl groups excluding tert-OH is 1. The summed E-state index contributed by atoms with van der Waals surface area (Å²) in [6.07, 6.45) is 3.87. The number of nitrogens with one attached hydrogen (secondary N) is 1. The molecule has 2 aliphatic rings. The number of benzene rings is 1. The number of aliphatic hydroxyl groups is 1. The largest absolute Gasteiger partial charge is 0.390 e. The molecule has 1 unspecified atom stereocenters. The summed E-state index contributed by atoms with van der Waals surface area (Å²) in [4.78, 5) is 42.2. The molecule has 0 bridgehead atoms. The monoisotopic (exact) mass is 418 g/mol. The van der Waals surface area contributed by atoms with Crippen molar-refractivity contribution in [3.63, 3.8) is 0 Å². The molecule has 4 heterocycles. The van der Waals surface area contributed by atoms with Crippen LogP contribution in [0.1, 0.15) is 34.5 Å². The minimum atomic E-state index is -0.647. The first-order chi connectivity index (χ1) is 15.0. The maximum absolute atomic E-state index is 13.0. The van der Waals surface area contributed by atoms with E-state index >= 15 is 0 Å². The lowest BCUT2D eigenvalue weighted by molar-refractivity contribution is -0.136. The van der Waals surface area contributed by atoms with Crippen LogP contribution in [0.5, 0.6) is 0 Å². The highest BCUT2D eigenvalue weighted by Gasteiger charge is 2.39. The fraction of sp³-hybridized carbons (Fsp3) is 0.238. The van der Waals surface area contributed by atoms with Crippen LogP contribution < -0.4 is 5.32 Å². The van der Waals surface area contributed by atoms with Crippen molar-refractivity contribution in [2.75, 3.05) is 0 Å². The molecule has 2 aliphatic heterocycles. The quantitative estimate of drug-likeness (QED) is 0.593. The van der Waals surface area contributed by atoms with E-state index in [0.29, 0.717) is 35.6 Å². The minimum absolute atomic E-state index is 0.168. The predicted octanol–water partition coefficient (Wildman–Crippen LogP) is 0.583. The zero-order valence-electron chi connectivity index (χ0n) is 16.4. The Morgan fingerprint density at radius 1 is 1.16 bits per heavy atom. The molecule has 1 saturated heterocycles. The summed E-state index contributed by atoms with van der Waals surface area (Å²) in [5.74, 6) is -0.985. The van der Waals surface area contributed by atoms with E-state index < -0.39 is 11.9 Å². The smallest absolute Gasteiger partial charge is 0.255 e. The Morgan fingerprint density at radius 3 is 2.84 bits per heavy atom. The number of hydrogen-bond acceptors (Lipinski definition) is 7. The van der Waals surface area contributed by atoms with Crippen molar-refractivity contribution < 1.29 is 19.5 Å². The van der Waals surface area contributed by atoms with Gasteiger partial charge in [0.05, 0.1) is 24.2 Å². The van der Waals surface area contributed by atoms with E-state index in [2.05, 4.69) is 20.6 Å². The van der Waals surface area contributed by atoms with Crippen molar-refractivity contribution in [3.05, 3.63) is 59.5 Å². The fourth-order valence-electron chi connectivity index (χ4n) is 3.93. The van der Waals surface area contributed by atoms with Crippen molar-refractivity contribution in [2.24, 2.45) is 0 Å². The Balaban J connectivity index is 1.41. The average molecular weight is 418 g/mol. The standard InChI is InChI=1S/C21H18N6O4/c28-11-14-7-12(5-6-22-14)17-10-27(25-24-17)15-2-1-13-9-26(21(31)16(13)8-15)18-3-4-19(29)23-20(18)30/h1-2,5-8,10,18,28H,3-4,9,11H2,(H,23,29,30). The second-order valence-electron chi connectivity index (χ2n) is 7.48. The third kappa shape index (κ3) is 3.36. The summed E-state index contributed by atoms with van der Waals surface area (Å²) in [5.41, 5.74) is 3.89. The van der Waals surface area contributed by atoms with Gasteiger partial charge in [-0.25, -0.2) is 4.68 Å². The van der Waals surface area contributed by atoms with Crippen LogP contribution in [0, 0.1) is 0 Å². The van der Waals surface area contributed by atoms with Crippen LogP contribution in [0.15, 0.2) is 42.7 Å². The Morgan fingerprint density at radius 2 is 2.03 bits per heavy atom. The van der Waals surface area contributed by atoms with Gasteiger partial charge in [-0.15, -0.1) is 5.10 Å². The summed E-state index contributed by atoms with van der Waals surface area (Å²) < 4.78 is 1.57. The van der Waals surface area contributed by atoms with Gasteiger partial charge in [0, 0.05) is 30.3 Å². The van der Waals surface area contributed by atoms with Crippen molar-refractivity contribution in [1.29, 1.82) is 0 Å². The van der Waals surface area contributed by atoms with E-state index in [1.165, 1.54) is 4.90 Å². The SMILES string of the molecule is O=C1CCC(N2Cc3ccc(-n4cc(-c5ccnc(CO)c5)nn4)cc3C2=O)C(=O)N1. The highest BCUT2D eigenvalue weighted by atomic mass is 16.3. The molecule has 10 heteroatoms. The lowest BCUT2D eigenvalue weighted by atomic mass is 10.0. The average Bonchev–Trinajstić information content (AvgIpc) is 3.39. The van der Waals surface area contributed by atoms with Crippen LogP contribution in [-0.4, -0.2) is 53.7 Å². The van der Waals surface area contributed by atoms with Crippen LogP contribution >= 0.6 is 0 Å². The maximum atomic E-state index is 13.0. The van der Waals surface area contributed by atoms with E-state index in [9.17, 15) is 19.5 Å². The first kappa shape index (κ1) is 19.1. The van der Waals surface area contributed by atoms with E-state index in [1.54, 1.807) is 35.3 Å². The summed E-state index contributed by atoms with van der Waals surface area (Å²) in [6.45, 7) is 0.156. The fourth-order valence-corrected chi connectivity index (χ4v) is 3.93. The topological polar surface area (TPSA) is 130 Å². The first-order valence-corrected chi connectivity index (χ1v) is 9.80. The number of hydrogen-bond donors (Lipinski definition) is 2. The normalized spacial score (nSPS) is 18.3. The maximum Gasteiger partial charge on any atom is 0.255 e. The van der Waals surface area contributed by atoms with Crippen LogP contribution in [-0.2, 0) is 22.7 Å². The van der Waals surface area contributed by atoms with Gasteiger partial charge in [0.2, 0.25) is 11.8 Å². The van der Waals surface area contributed by atoms with Crippen LogP contribution in [0.2, 0.25) is 0 Å². The molecule has 10 nitrogen and oxygen atoms in total. The molecule has 1 atom stereocenters. The van der Waals surface area contributed by atoms with Crippen molar-refractivity contribution in [1.82, 2.24) is 30.2 Å². The third-order valence-electron chi connectivity index (χ3n) is 5.54. The molecule has 156 valence electrons. The Bertz CT molecular complexity index is 1220. The molecule has 0 spiro atoms. The van der Waals surface area contributed by atoms with Gasteiger partial charge in [-0.3, -0.25) is 24.7 Å². The lowest BCUT2D eigenvalue weighted by Crippen LogP contribution is -2.52. The highest BCUT2D eigenvalue weighted by Crippen LogP contribution is 2.29. The number of fused-ring (bicyclic) bond motifs is 1. The summed E-state index contributed by atoms with van der Waals surface area (Å²) in [5, 5.41) is 19.9. The molecule has 3 amide bonds.